The summed E-state index contributed by atoms with van der Waals surface area (Å²) in [7, 11) is 0. The van der Waals surface area contributed by atoms with Crippen LogP contribution >= 0.6 is 11.6 Å². The molecule has 1 aromatic heterocycles. The molecule has 3 aliphatic rings. The second-order valence-electron chi connectivity index (χ2n) is 7.46. The van der Waals surface area contributed by atoms with E-state index in [1.807, 2.05) is 4.68 Å². The molecular formula is C19H24ClN5O. The SMILES string of the molecule is Clc1cc(N2CCOCC2)ccc1C1(c2nc3n(n2)CCCN3)CCC1. The van der Waals surface area contributed by atoms with Gasteiger partial charge in [0.1, 0.15) is 0 Å². The number of anilines is 2. The van der Waals surface area contributed by atoms with Crippen molar-refractivity contribution in [1.82, 2.24) is 14.8 Å². The van der Waals surface area contributed by atoms with Gasteiger partial charge in [0.05, 0.1) is 18.6 Å². The molecular weight excluding hydrogens is 350 g/mol. The van der Waals surface area contributed by atoms with Crippen molar-refractivity contribution in [3.05, 3.63) is 34.6 Å². The average molecular weight is 374 g/mol. The molecule has 1 aliphatic carbocycles. The third kappa shape index (κ3) is 2.58. The van der Waals surface area contributed by atoms with Crippen LogP contribution in [0, 0.1) is 0 Å². The van der Waals surface area contributed by atoms with Gasteiger partial charge in [0.25, 0.3) is 0 Å². The van der Waals surface area contributed by atoms with Gasteiger partial charge in [-0.2, -0.15) is 10.1 Å². The molecule has 138 valence electrons. The first kappa shape index (κ1) is 16.4. The molecule has 0 unspecified atom stereocenters. The fourth-order valence-corrected chi connectivity index (χ4v) is 4.67. The number of ether oxygens (including phenoxy) is 1. The van der Waals surface area contributed by atoms with E-state index in [1.165, 1.54) is 17.7 Å². The Labute approximate surface area is 158 Å². The van der Waals surface area contributed by atoms with Crippen LogP contribution in [-0.2, 0) is 16.7 Å². The van der Waals surface area contributed by atoms with Crippen molar-refractivity contribution in [2.75, 3.05) is 43.1 Å². The van der Waals surface area contributed by atoms with Crippen LogP contribution in [0.4, 0.5) is 11.6 Å². The zero-order chi connectivity index (χ0) is 17.6. The van der Waals surface area contributed by atoms with Gasteiger partial charge in [-0.05, 0) is 37.0 Å². The van der Waals surface area contributed by atoms with Crippen LogP contribution < -0.4 is 10.2 Å². The predicted molar refractivity (Wildman–Crippen MR) is 102 cm³/mol. The Kier molecular flexibility index (Phi) is 4.05. The van der Waals surface area contributed by atoms with E-state index in [0.29, 0.717) is 0 Å². The normalized spacial score (nSPS) is 21.7. The number of aromatic nitrogens is 3. The maximum atomic E-state index is 6.79. The molecule has 2 aliphatic heterocycles. The lowest BCUT2D eigenvalue weighted by atomic mass is 9.64. The fraction of sp³-hybridized carbons (Fsp3) is 0.579. The highest BCUT2D eigenvalue weighted by atomic mass is 35.5. The average Bonchev–Trinajstić information content (AvgIpc) is 3.07. The van der Waals surface area contributed by atoms with Crippen molar-refractivity contribution >= 4 is 23.2 Å². The molecule has 3 heterocycles. The Bertz CT molecular complexity index is 787. The number of hydrogen-bond donors (Lipinski definition) is 1. The van der Waals surface area contributed by atoms with E-state index in [-0.39, 0.29) is 5.41 Å². The first-order chi connectivity index (χ1) is 12.8. The van der Waals surface area contributed by atoms with Crippen LogP contribution in [0.2, 0.25) is 5.02 Å². The van der Waals surface area contributed by atoms with E-state index in [9.17, 15) is 0 Å². The first-order valence-corrected chi connectivity index (χ1v) is 9.96. The van der Waals surface area contributed by atoms with E-state index in [2.05, 4.69) is 28.4 Å². The lowest BCUT2D eigenvalue weighted by molar-refractivity contribution is 0.122. The number of morpholine rings is 1. The molecule has 2 fully saturated rings. The first-order valence-electron chi connectivity index (χ1n) is 9.58. The van der Waals surface area contributed by atoms with Crippen LogP contribution in [0.25, 0.3) is 0 Å². The van der Waals surface area contributed by atoms with Crippen LogP contribution in [0.15, 0.2) is 18.2 Å². The monoisotopic (exact) mass is 373 g/mol. The molecule has 0 atom stereocenters. The number of nitrogens with one attached hydrogen (secondary N) is 1. The fourth-order valence-electron chi connectivity index (χ4n) is 4.31. The van der Waals surface area contributed by atoms with Gasteiger partial charge >= 0.3 is 0 Å². The number of aryl methyl sites for hydroxylation is 1. The number of nitrogens with zero attached hydrogens (tertiary/aromatic N) is 4. The Morgan fingerprint density at radius 1 is 1.12 bits per heavy atom. The van der Waals surface area contributed by atoms with Crippen LogP contribution in [0.5, 0.6) is 0 Å². The summed E-state index contributed by atoms with van der Waals surface area (Å²) >= 11 is 6.79. The van der Waals surface area contributed by atoms with Gasteiger partial charge in [0.15, 0.2) is 5.82 Å². The second kappa shape index (κ2) is 6.43. The summed E-state index contributed by atoms with van der Waals surface area (Å²) in [6.07, 6.45) is 4.41. The molecule has 0 bridgehead atoms. The number of rotatable bonds is 3. The number of hydrogen-bond acceptors (Lipinski definition) is 5. The van der Waals surface area contributed by atoms with E-state index in [1.54, 1.807) is 0 Å². The van der Waals surface area contributed by atoms with Gasteiger partial charge in [-0.15, -0.1) is 0 Å². The lowest BCUT2D eigenvalue weighted by Gasteiger charge is -2.41. The minimum absolute atomic E-state index is 0.132. The summed E-state index contributed by atoms with van der Waals surface area (Å²) in [6.45, 7) is 5.31. The Hall–Kier alpha value is -1.79. The molecule has 5 rings (SSSR count). The summed E-state index contributed by atoms with van der Waals surface area (Å²) in [5.41, 5.74) is 2.22. The van der Waals surface area contributed by atoms with E-state index in [4.69, 9.17) is 26.4 Å². The molecule has 1 saturated heterocycles. The third-order valence-corrected chi connectivity index (χ3v) is 6.29. The largest absolute Gasteiger partial charge is 0.378 e. The molecule has 0 spiro atoms. The standard InChI is InChI=1S/C19H24ClN5O/c20-16-13-14(24-9-11-26-12-10-24)3-4-15(16)19(5-1-6-19)17-22-18-21-7-2-8-25(18)23-17/h3-4,13H,1-2,5-12H2,(H,21,22,23). The van der Waals surface area contributed by atoms with Gasteiger partial charge in [0, 0.05) is 36.9 Å². The highest BCUT2D eigenvalue weighted by Crippen LogP contribution is 2.50. The predicted octanol–water partition coefficient (Wildman–Crippen LogP) is 3.05. The molecule has 1 saturated carbocycles. The van der Waals surface area contributed by atoms with E-state index >= 15 is 0 Å². The Morgan fingerprint density at radius 2 is 1.96 bits per heavy atom. The van der Waals surface area contributed by atoms with Crippen LogP contribution in [0.1, 0.15) is 37.1 Å². The number of halogens is 1. The van der Waals surface area contributed by atoms with Gasteiger partial charge in [-0.3, -0.25) is 0 Å². The van der Waals surface area contributed by atoms with Gasteiger partial charge < -0.3 is 15.0 Å². The smallest absolute Gasteiger partial charge is 0.221 e. The van der Waals surface area contributed by atoms with Gasteiger partial charge in [0.2, 0.25) is 5.95 Å². The highest BCUT2D eigenvalue weighted by molar-refractivity contribution is 6.31. The summed E-state index contributed by atoms with van der Waals surface area (Å²) in [4.78, 5) is 7.17. The van der Waals surface area contributed by atoms with Crippen molar-refractivity contribution < 1.29 is 4.74 Å². The molecule has 2 aromatic rings. The highest BCUT2D eigenvalue weighted by Gasteiger charge is 2.45. The van der Waals surface area contributed by atoms with Crippen molar-refractivity contribution in [2.24, 2.45) is 0 Å². The quantitative estimate of drug-likeness (QED) is 0.896. The summed E-state index contributed by atoms with van der Waals surface area (Å²) in [5.74, 6) is 1.83. The second-order valence-corrected chi connectivity index (χ2v) is 7.87. The molecule has 0 radical (unpaired) electrons. The zero-order valence-corrected chi connectivity index (χ0v) is 15.6. The van der Waals surface area contributed by atoms with Crippen molar-refractivity contribution in [1.29, 1.82) is 0 Å². The molecule has 6 nitrogen and oxygen atoms in total. The lowest BCUT2D eigenvalue weighted by Crippen LogP contribution is -2.38. The maximum Gasteiger partial charge on any atom is 0.221 e. The van der Waals surface area contributed by atoms with E-state index < -0.39 is 0 Å². The maximum absolute atomic E-state index is 6.79. The van der Waals surface area contributed by atoms with Gasteiger partial charge in [-0.1, -0.05) is 24.1 Å². The molecule has 26 heavy (non-hydrogen) atoms. The van der Waals surface area contributed by atoms with Crippen molar-refractivity contribution in [3.8, 4) is 0 Å². The van der Waals surface area contributed by atoms with Crippen molar-refractivity contribution in [3.63, 3.8) is 0 Å². The Morgan fingerprint density at radius 3 is 2.65 bits per heavy atom. The van der Waals surface area contributed by atoms with Gasteiger partial charge in [-0.25, -0.2) is 4.68 Å². The van der Waals surface area contributed by atoms with Crippen molar-refractivity contribution in [2.45, 2.75) is 37.6 Å². The minimum Gasteiger partial charge on any atom is -0.378 e. The van der Waals surface area contributed by atoms with E-state index in [0.717, 1.165) is 75.5 Å². The summed E-state index contributed by atoms with van der Waals surface area (Å²) < 4.78 is 7.46. The van der Waals surface area contributed by atoms with Crippen LogP contribution in [-0.4, -0.2) is 47.6 Å². The zero-order valence-electron chi connectivity index (χ0n) is 14.9. The third-order valence-electron chi connectivity index (χ3n) is 5.98. The van der Waals surface area contributed by atoms with Crippen LogP contribution in [0.3, 0.4) is 0 Å². The minimum atomic E-state index is -0.132. The number of benzene rings is 1. The molecule has 0 amide bonds. The summed E-state index contributed by atoms with van der Waals surface area (Å²) in [6, 6.07) is 6.50. The number of fused-ring (bicyclic) bond motifs is 1. The molecule has 1 N–H and O–H groups in total. The molecule has 7 heteroatoms. The molecule has 1 aromatic carbocycles. The Balaban J connectivity index is 1.49. The topological polar surface area (TPSA) is 55.2 Å². The summed E-state index contributed by atoms with van der Waals surface area (Å²) in [5, 5.41) is 9.02.